The molecule has 12 rings (SSSR count). The van der Waals surface area contributed by atoms with Gasteiger partial charge in [0.2, 0.25) is 0 Å². The fourth-order valence-corrected chi connectivity index (χ4v) is 22.0. The summed E-state index contributed by atoms with van der Waals surface area (Å²) in [5.74, 6) is -2.31. The number of allylic oxidation sites excluding steroid dienone is 3. The zero-order valence-electron chi connectivity index (χ0n) is 53.2. The van der Waals surface area contributed by atoms with Crippen LogP contribution in [0, 0.1) is 85.8 Å². The molecule has 88 heavy (non-hydrogen) atoms. The van der Waals surface area contributed by atoms with Crippen molar-refractivity contribution in [2.45, 2.75) is 224 Å². The minimum absolute atomic E-state index is 0. The van der Waals surface area contributed by atoms with Gasteiger partial charge >= 0.3 is 59.1 Å². The standard InChI is InChI=1S/3C21H30O5.C4H6O4.2Na/c3*1-19-7-5-13(23)9-12(19)3-4-14-15-6-8-21(26,17(25)11-22)20(15,2)10-16(24)18(14)19;5-3(6)1-2-4(7)8;;/h3*9,14-16,18,22,24,26H,3-8,10-11H2,1-2H3;1-2H2,(H,5,6)(H,7,8);;/q;;;;2*+1/p-2/t2*14?,15?,16-,18?,19-,20-,21-;14-,15?,16+,18+,19+,20+,21+;;;/m001.../s1. The van der Waals surface area contributed by atoms with Gasteiger partial charge in [0.15, 0.2) is 34.7 Å². The maximum Gasteiger partial charge on any atom is 1.00 e. The van der Waals surface area contributed by atoms with Gasteiger partial charge in [0.1, 0.15) is 36.6 Å². The molecule has 0 spiro atoms. The van der Waals surface area contributed by atoms with E-state index in [2.05, 4.69) is 20.8 Å². The predicted octanol–water partition coefficient (Wildman–Crippen LogP) is -3.38. The molecule has 9 N–H and O–H groups in total. The number of rotatable bonds is 9. The molecule has 12 aliphatic rings. The Bertz CT molecular complexity index is 2580. The third-order valence-electron chi connectivity index (χ3n) is 26.5. The summed E-state index contributed by atoms with van der Waals surface area (Å²) in [4.78, 5) is 91.8. The monoisotopic (exact) mass is 1250 g/mol. The summed E-state index contributed by atoms with van der Waals surface area (Å²) in [5.41, 5.74) is -3.70. The summed E-state index contributed by atoms with van der Waals surface area (Å²) in [5, 5.41) is 114. The normalized spacial score (nSPS) is 45.5. The summed E-state index contributed by atoms with van der Waals surface area (Å²) in [6.45, 7) is 10.4. The molecule has 19 nitrogen and oxygen atoms in total. The summed E-state index contributed by atoms with van der Waals surface area (Å²) < 4.78 is 0. The average molecular weight is 1250 g/mol. The summed E-state index contributed by atoms with van der Waals surface area (Å²) in [6, 6.07) is 0. The van der Waals surface area contributed by atoms with Gasteiger partial charge in [0.05, 0.1) is 18.3 Å². The maximum absolute atomic E-state index is 12.4. The Morgan fingerprint density at radius 2 is 0.659 bits per heavy atom. The van der Waals surface area contributed by atoms with Crippen molar-refractivity contribution in [3.05, 3.63) is 34.9 Å². The number of aliphatic carboxylic acids is 2. The van der Waals surface area contributed by atoms with Crippen molar-refractivity contribution in [3.63, 3.8) is 0 Å². The Kier molecular flexibility index (Phi) is 22.1. The van der Waals surface area contributed by atoms with E-state index in [1.165, 1.54) is 16.7 Å². The van der Waals surface area contributed by atoms with E-state index in [0.29, 0.717) is 57.8 Å². The van der Waals surface area contributed by atoms with Gasteiger partial charge in [-0.05, 0) is 216 Å². The van der Waals surface area contributed by atoms with Gasteiger partial charge in [-0.3, -0.25) is 28.8 Å². The van der Waals surface area contributed by atoms with Crippen LogP contribution in [-0.2, 0) is 38.4 Å². The first-order valence-electron chi connectivity index (χ1n) is 31.9. The molecule has 21 heteroatoms. The average Bonchev–Trinajstić information content (AvgIpc) is 1.40. The molecule has 7 unspecified atom stereocenters. The second-order valence-corrected chi connectivity index (χ2v) is 29.9. The number of carbonyl (C=O) groups excluding carboxylic acids is 8. The number of fused-ring (bicyclic) bond motifs is 15. The summed E-state index contributed by atoms with van der Waals surface area (Å²) >= 11 is 0. The molecule has 478 valence electrons. The number of aliphatic hydroxyl groups is 9. The SMILES string of the molecule is C[C@]12CCC(=O)C=C1CCC1C2[C@@H](O)C[C@@]2(C)C1CC[C@]2(O)C(=O)CO.C[C@]12CCC(=O)C=C1CCC1C2[C@@H](O)C[C@@]2(C)C1CC[C@]2(O)C(=O)CO.C[C@]12CCC(=O)C=C1CC[C@@H]1C3CC[C@](O)(C(=O)CO)[C@@]3(C)C[C@H](O)[C@H]12.O=C([O-])CCC(=O)[O-].[Na+].[Na+]. The second-order valence-electron chi connectivity index (χ2n) is 29.9. The topological polar surface area (TPSA) is 365 Å². The molecule has 0 saturated heterocycles. The number of hydrogen-bond donors (Lipinski definition) is 9. The zero-order valence-corrected chi connectivity index (χ0v) is 57.2. The van der Waals surface area contributed by atoms with E-state index in [9.17, 15) is 94.5 Å². The number of carboxylic acids is 2. The first kappa shape index (κ1) is 73.2. The van der Waals surface area contributed by atoms with Crippen LogP contribution in [0.2, 0.25) is 0 Å². The second kappa shape index (κ2) is 26.5. The van der Waals surface area contributed by atoms with Gasteiger partial charge in [-0.25, -0.2) is 0 Å². The Labute approximate surface area is 561 Å². The van der Waals surface area contributed by atoms with Crippen LogP contribution in [0.15, 0.2) is 34.9 Å². The van der Waals surface area contributed by atoms with E-state index >= 15 is 0 Å². The molecule has 9 saturated carbocycles. The van der Waals surface area contributed by atoms with E-state index in [-0.39, 0.29) is 146 Å². The van der Waals surface area contributed by atoms with Crippen LogP contribution < -0.4 is 69.3 Å². The number of carbonyl (C=O) groups is 8. The molecular weight excluding hydrogens is 1150 g/mol. The minimum atomic E-state index is -1.54. The number of aliphatic hydroxyl groups excluding tert-OH is 6. The quantitative estimate of drug-likeness (QED) is 0.102. The molecule has 0 aliphatic heterocycles. The first-order chi connectivity index (χ1) is 40.1. The predicted molar refractivity (Wildman–Crippen MR) is 305 cm³/mol. The largest absolute Gasteiger partial charge is 1.00 e. The van der Waals surface area contributed by atoms with Crippen molar-refractivity contribution in [1.82, 2.24) is 0 Å². The molecule has 21 atom stereocenters. The van der Waals surface area contributed by atoms with Crippen molar-refractivity contribution < 1.29 is 154 Å². The van der Waals surface area contributed by atoms with Crippen molar-refractivity contribution >= 4 is 46.6 Å². The molecule has 9 fully saturated rings. The molecule has 0 aromatic heterocycles. The molecule has 0 amide bonds. The fraction of sp³-hybridized carbons (Fsp3) is 0.791. The van der Waals surface area contributed by atoms with Gasteiger partial charge < -0.3 is 65.8 Å². The van der Waals surface area contributed by atoms with E-state index < -0.39 is 113 Å². The first-order valence-corrected chi connectivity index (χ1v) is 31.9. The summed E-state index contributed by atoms with van der Waals surface area (Å²) in [6.07, 6.45) is 16.3. The van der Waals surface area contributed by atoms with Crippen molar-refractivity contribution in [3.8, 4) is 0 Å². The van der Waals surface area contributed by atoms with Gasteiger partial charge in [-0.2, -0.15) is 0 Å². The van der Waals surface area contributed by atoms with Gasteiger partial charge in [0, 0.05) is 47.4 Å². The Morgan fingerprint density at radius 3 is 0.875 bits per heavy atom. The molecule has 0 radical (unpaired) electrons. The zero-order chi connectivity index (χ0) is 63.3. The smallest absolute Gasteiger partial charge is 0.550 e. The van der Waals surface area contributed by atoms with Crippen LogP contribution in [0.25, 0.3) is 0 Å². The molecule has 12 aliphatic carbocycles. The number of hydrogen-bond acceptors (Lipinski definition) is 19. The fourth-order valence-electron chi connectivity index (χ4n) is 22.0. The van der Waals surface area contributed by atoms with Crippen LogP contribution in [0.4, 0.5) is 0 Å². The molecule has 0 aromatic carbocycles. The van der Waals surface area contributed by atoms with Crippen LogP contribution in [0.3, 0.4) is 0 Å². The van der Waals surface area contributed by atoms with E-state index in [1.807, 2.05) is 20.8 Å². The Hall–Kier alpha value is -2.18. The van der Waals surface area contributed by atoms with E-state index in [1.54, 1.807) is 18.2 Å². The Balaban J connectivity index is 0.000000175. The number of carboxylic acid groups (broad SMARTS) is 2. The minimum Gasteiger partial charge on any atom is -0.550 e. The summed E-state index contributed by atoms with van der Waals surface area (Å²) in [7, 11) is 0. The number of ketones is 6. The maximum atomic E-state index is 12.4. The van der Waals surface area contributed by atoms with Gasteiger partial charge in [-0.15, -0.1) is 0 Å². The Morgan fingerprint density at radius 1 is 0.420 bits per heavy atom. The molecular formula is C67H94Na2O19. The van der Waals surface area contributed by atoms with Crippen LogP contribution in [0.5, 0.6) is 0 Å². The third-order valence-corrected chi connectivity index (χ3v) is 26.5. The van der Waals surface area contributed by atoms with Crippen molar-refractivity contribution in [2.75, 3.05) is 19.8 Å². The van der Waals surface area contributed by atoms with Crippen molar-refractivity contribution in [2.24, 2.45) is 85.8 Å². The van der Waals surface area contributed by atoms with Crippen LogP contribution >= 0.6 is 0 Å². The molecule has 0 heterocycles. The molecule has 0 aromatic rings. The van der Waals surface area contributed by atoms with Crippen LogP contribution in [-0.4, -0.2) is 148 Å². The molecule has 0 bridgehead atoms. The van der Waals surface area contributed by atoms with Gasteiger partial charge in [0.25, 0.3) is 0 Å². The third kappa shape index (κ3) is 11.7. The van der Waals surface area contributed by atoms with Crippen LogP contribution in [0.1, 0.15) is 189 Å². The van der Waals surface area contributed by atoms with E-state index in [0.717, 1.165) is 77.0 Å². The number of Topliss-reactive ketones (excluding diaryl/α,β-unsaturated/α-hetero) is 3. The van der Waals surface area contributed by atoms with Gasteiger partial charge in [-0.1, -0.05) is 58.3 Å². The van der Waals surface area contributed by atoms with E-state index in [4.69, 9.17) is 0 Å². The van der Waals surface area contributed by atoms with Crippen molar-refractivity contribution in [1.29, 1.82) is 0 Å².